The maximum absolute atomic E-state index is 10.8. The summed E-state index contributed by atoms with van der Waals surface area (Å²) in [6, 6.07) is 4.61. The fraction of sp³-hybridized carbons (Fsp3) is 0.111. The summed E-state index contributed by atoms with van der Waals surface area (Å²) in [5.41, 5.74) is 0.587. The van der Waals surface area contributed by atoms with Crippen LogP contribution in [0.15, 0.2) is 18.2 Å². The number of nitrogens with one attached hydrogen (secondary N) is 1. The van der Waals surface area contributed by atoms with Crippen molar-refractivity contribution in [3.63, 3.8) is 0 Å². The molecule has 1 aromatic rings. The number of aromatic carboxylic acids is 1. The molecule has 0 aliphatic carbocycles. The molecule has 14 heavy (non-hydrogen) atoms. The lowest BCUT2D eigenvalue weighted by Crippen LogP contribution is -2.12. The molecule has 0 bridgehead atoms. The number of carboxylic acid groups (broad SMARTS) is 2. The zero-order valence-corrected chi connectivity index (χ0v) is 7.44. The predicted octanol–water partition coefficient (Wildman–Crippen LogP) is 1.78. The highest BCUT2D eigenvalue weighted by atomic mass is 16.4. The van der Waals surface area contributed by atoms with Gasteiger partial charge < -0.3 is 10.2 Å². The third-order valence-corrected chi connectivity index (χ3v) is 1.73. The first-order chi connectivity index (χ1) is 6.52. The van der Waals surface area contributed by atoms with Crippen molar-refractivity contribution in [2.75, 3.05) is 5.32 Å². The second-order valence-electron chi connectivity index (χ2n) is 2.73. The third kappa shape index (κ3) is 2.01. The number of hydrogen-bond donors (Lipinski definition) is 3. The van der Waals surface area contributed by atoms with Crippen LogP contribution in [0.4, 0.5) is 10.5 Å². The molecule has 0 unspecified atom stereocenters. The van der Waals surface area contributed by atoms with Crippen LogP contribution in [-0.4, -0.2) is 22.3 Å². The van der Waals surface area contributed by atoms with Gasteiger partial charge in [-0.1, -0.05) is 12.1 Å². The molecule has 5 heteroatoms. The molecular weight excluding hydrogens is 186 g/mol. The smallest absolute Gasteiger partial charge is 0.409 e. The first-order valence-corrected chi connectivity index (χ1v) is 3.85. The molecule has 0 aromatic heterocycles. The van der Waals surface area contributed by atoms with Crippen LogP contribution < -0.4 is 5.32 Å². The summed E-state index contributed by atoms with van der Waals surface area (Å²) in [4.78, 5) is 21.1. The van der Waals surface area contributed by atoms with E-state index >= 15 is 0 Å². The minimum absolute atomic E-state index is 0.0186. The van der Waals surface area contributed by atoms with Crippen molar-refractivity contribution >= 4 is 17.7 Å². The van der Waals surface area contributed by atoms with Crippen LogP contribution in [0.2, 0.25) is 0 Å². The van der Waals surface area contributed by atoms with E-state index in [0.29, 0.717) is 5.56 Å². The van der Waals surface area contributed by atoms with Crippen molar-refractivity contribution in [1.29, 1.82) is 0 Å². The Labute approximate surface area is 80.0 Å². The zero-order valence-electron chi connectivity index (χ0n) is 7.44. The number of hydrogen-bond acceptors (Lipinski definition) is 2. The van der Waals surface area contributed by atoms with Gasteiger partial charge in [-0.25, -0.2) is 9.59 Å². The first kappa shape index (κ1) is 10.0. The van der Waals surface area contributed by atoms with Gasteiger partial charge >= 0.3 is 12.1 Å². The number of carbonyl (C=O) groups is 2. The van der Waals surface area contributed by atoms with Crippen LogP contribution in [0.1, 0.15) is 15.9 Å². The molecule has 0 radical (unpaired) electrons. The summed E-state index contributed by atoms with van der Waals surface area (Å²) in [6.07, 6.45) is -1.28. The van der Waals surface area contributed by atoms with E-state index in [-0.39, 0.29) is 11.3 Å². The summed E-state index contributed by atoms with van der Waals surface area (Å²) >= 11 is 0. The van der Waals surface area contributed by atoms with Gasteiger partial charge in [0.25, 0.3) is 0 Å². The van der Waals surface area contributed by atoms with Crippen LogP contribution in [-0.2, 0) is 0 Å². The second kappa shape index (κ2) is 3.78. The summed E-state index contributed by atoms with van der Waals surface area (Å²) in [6.45, 7) is 1.61. The van der Waals surface area contributed by atoms with Crippen molar-refractivity contribution in [2.45, 2.75) is 6.92 Å². The van der Waals surface area contributed by atoms with Gasteiger partial charge in [0.05, 0.1) is 11.3 Å². The van der Waals surface area contributed by atoms with E-state index in [1.165, 1.54) is 6.07 Å². The van der Waals surface area contributed by atoms with Crippen LogP contribution in [0, 0.1) is 6.92 Å². The lowest BCUT2D eigenvalue weighted by molar-refractivity contribution is 0.0697. The van der Waals surface area contributed by atoms with Crippen molar-refractivity contribution in [3.05, 3.63) is 29.3 Å². The lowest BCUT2D eigenvalue weighted by Gasteiger charge is -2.07. The number of anilines is 1. The molecule has 5 nitrogen and oxygen atoms in total. The SMILES string of the molecule is Cc1cccc(NC(=O)O)c1C(=O)O. The lowest BCUT2D eigenvalue weighted by atomic mass is 10.1. The summed E-state index contributed by atoms with van der Waals surface area (Å²) in [5, 5.41) is 19.3. The van der Waals surface area contributed by atoms with Gasteiger partial charge in [-0.05, 0) is 18.6 Å². The third-order valence-electron chi connectivity index (χ3n) is 1.73. The Morgan fingerprint density at radius 2 is 1.93 bits per heavy atom. The molecule has 0 aliphatic heterocycles. The van der Waals surface area contributed by atoms with Crippen molar-refractivity contribution < 1.29 is 19.8 Å². The maximum atomic E-state index is 10.8. The van der Waals surface area contributed by atoms with Crippen molar-refractivity contribution in [2.24, 2.45) is 0 Å². The molecular formula is C9H9NO4. The topological polar surface area (TPSA) is 86.6 Å². The molecule has 0 saturated carbocycles. The Bertz CT molecular complexity index is 386. The van der Waals surface area contributed by atoms with Gasteiger partial charge in [-0.15, -0.1) is 0 Å². The summed E-state index contributed by atoms with van der Waals surface area (Å²) < 4.78 is 0. The molecule has 0 fully saturated rings. The summed E-state index contributed by atoms with van der Waals surface area (Å²) in [5.74, 6) is -1.15. The minimum Gasteiger partial charge on any atom is -0.478 e. The van der Waals surface area contributed by atoms with E-state index in [1.54, 1.807) is 19.1 Å². The molecule has 1 aromatic carbocycles. The number of aryl methyl sites for hydroxylation is 1. The summed E-state index contributed by atoms with van der Waals surface area (Å²) in [7, 11) is 0. The number of benzene rings is 1. The monoisotopic (exact) mass is 195 g/mol. The highest BCUT2D eigenvalue weighted by Crippen LogP contribution is 2.19. The van der Waals surface area contributed by atoms with Gasteiger partial charge in [0.15, 0.2) is 0 Å². The molecule has 1 rings (SSSR count). The van der Waals surface area contributed by atoms with E-state index in [4.69, 9.17) is 10.2 Å². The average molecular weight is 195 g/mol. The molecule has 0 atom stereocenters. The molecule has 0 heterocycles. The van der Waals surface area contributed by atoms with Crippen LogP contribution in [0.25, 0.3) is 0 Å². The fourth-order valence-electron chi connectivity index (χ4n) is 1.17. The van der Waals surface area contributed by atoms with E-state index in [9.17, 15) is 9.59 Å². The predicted molar refractivity (Wildman–Crippen MR) is 49.8 cm³/mol. The molecule has 0 spiro atoms. The van der Waals surface area contributed by atoms with E-state index in [0.717, 1.165) is 0 Å². The molecule has 3 N–H and O–H groups in total. The highest BCUT2D eigenvalue weighted by Gasteiger charge is 2.13. The molecule has 0 aliphatic rings. The van der Waals surface area contributed by atoms with Gasteiger partial charge in [0, 0.05) is 0 Å². The standard InChI is InChI=1S/C9H9NO4/c1-5-3-2-4-6(10-9(13)14)7(5)8(11)12/h2-4,10H,1H3,(H,11,12)(H,13,14). The first-order valence-electron chi connectivity index (χ1n) is 3.85. The number of carboxylic acids is 1. The number of amides is 1. The fourth-order valence-corrected chi connectivity index (χ4v) is 1.17. The van der Waals surface area contributed by atoms with E-state index < -0.39 is 12.1 Å². The Morgan fingerprint density at radius 1 is 1.29 bits per heavy atom. The van der Waals surface area contributed by atoms with Gasteiger partial charge in [-0.3, -0.25) is 5.32 Å². The molecule has 74 valence electrons. The second-order valence-corrected chi connectivity index (χ2v) is 2.73. The van der Waals surface area contributed by atoms with Crippen molar-refractivity contribution in [3.8, 4) is 0 Å². The van der Waals surface area contributed by atoms with Gasteiger partial charge in [0.2, 0.25) is 0 Å². The minimum atomic E-state index is -1.28. The van der Waals surface area contributed by atoms with Crippen molar-refractivity contribution in [1.82, 2.24) is 0 Å². The van der Waals surface area contributed by atoms with Gasteiger partial charge in [0.1, 0.15) is 0 Å². The Morgan fingerprint density at radius 3 is 2.43 bits per heavy atom. The maximum Gasteiger partial charge on any atom is 0.409 e. The van der Waals surface area contributed by atoms with Crippen LogP contribution >= 0.6 is 0 Å². The quantitative estimate of drug-likeness (QED) is 0.671. The van der Waals surface area contributed by atoms with Gasteiger partial charge in [-0.2, -0.15) is 0 Å². The largest absolute Gasteiger partial charge is 0.478 e. The van der Waals surface area contributed by atoms with Crippen LogP contribution in [0.5, 0.6) is 0 Å². The molecule has 0 saturated heterocycles. The Kier molecular flexibility index (Phi) is 2.71. The van der Waals surface area contributed by atoms with E-state index in [2.05, 4.69) is 0 Å². The number of rotatable bonds is 2. The van der Waals surface area contributed by atoms with Crippen LogP contribution in [0.3, 0.4) is 0 Å². The van der Waals surface area contributed by atoms with E-state index in [1.807, 2.05) is 5.32 Å². The highest BCUT2D eigenvalue weighted by molar-refractivity contribution is 5.99. The Hall–Kier alpha value is -2.04. The Balaban J connectivity index is 3.21. The average Bonchev–Trinajstić information content (AvgIpc) is 2.01. The zero-order chi connectivity index (χ0) is 10.7. The molecule has 1 amide bonds. The normalized spacial score (nSPS) is 9.50.